The summed E-state index contributed by atoms with van der Waals surface area (Å²) in [5, 5.41) is 3.67. The molecule has 2 aromatic rings. The highest BCUT2D eigenvalue weighted by atomic mass is 35.5. The molecule has 0 aromatic heterocycles. The maximum atomic E-state index is 13.8. The van der Waals surface area contributed by atoms with E-state index in [9.17, 15) is 8.78 Å². The summed E-state index contributed by atoms with van der Waals surface area (Å²) < 4.78 is 27.0. The van der Waals surface area contributed by atoms with Crippen LogP contribution in [0, 0.1) is 18.6 Å². The fraction of sp³-hybridized carbons (Fsp3) is 0.200. The summed E-state index contributed by atoms with van der Waals surface area (Å²) in [5.41, 5.74) is 7.50. The lowest BCUT2D eigenvalue weighted by Crippen LogP contribution is -2.22. The van der Waals surface area contributed by atoms with Crippen LogP contribution in [-0.4, -0.2) is 6.54 Å². The molecule has 0 bridgehead atoms. The van der Waals surface area contributed by atoms with Crippen LogP contribution >= 0.6 is 11.6 Å². The highest BCUT2D eigenvalue weighted by molar-refractivity contribution is 6.31. The Morgan fingerprint density at radius 2 is 1.95 bits per heavy atom. The van der Waals surface area contributed by atoms with E-state index in [4.69, 9.17) is 17.3 Å². The molecular weight excluding hydrogens is 282 g/mol. The van der Waals surface area contributed by atoms with Gasteiger partial charge in [-0.15, -0.1) is 0 Å². The van der Waals surface area contributed by atoms with Gasteiger partial charge in [0.05, 0.1) is 6.04 Å². The minimum atomic E-state index is -0.524. The van der Waals surface area contributed by atoms with E-state index >= 15 is 0 Å². The van der Waals surface area contributed by atoms with Crippen LogP contribution in [0.3, 0.4) is 0 Å². The second-order valence-electron chi connectivity index (χ2n) is 4.56. The van der Waals surface area contributed by atoms with E-state index in [0.29, 0.717) is 10.7 Å². The first kappa shape index (κ1) is 14.8. The Labute approximate surface area is 121 Å². The molecule has 2 rings (SSSR count). The predicted molar refractivity (Wildman–Crippen MR) is 78.0 cm³/mol. The number of anilines is 1. The Kier molecular flexibility index (Phi) is 4.57. The average Bonchev–Trinajstić information content (AvgIpc) is 2.43. The van der Waals surface area contributed by atoms with Crippen LogP contribution < -0.4 is 11.1 Å². The molecule has 0 fully saturated rings. The Morgan fingerprint density at radius 1 is 1.20 bits per heavy atom. The molecule has 5 heteroatoms. The van der Waals surface area contributed by atoms with Crippen molar-refractivity contribution in [3.63, 3.8) is 0 Å². The van der Waals surface area contributed by atoms with Crippen molar-refractivity contribution in [1.82, 2.24) is 0 Å². The minimum Gasteiger partial charge on any atom is -0.377 e. The third kappa shape index (κ3) is 3.26. The molecular formula is C15H15ClF2N2. The van der Waals surface area contributed by atoms with Gasteiger partial charge in [-0.2, -0.15) is 0 Å². The van der Waals surface area contributed by atoms with Gasteiger partial charge in [-0.3, -0.25) is 0 Å². The lowest BCUT2D eigenvalue weighted by atomic mass is 10.1. The summed E-state index contributed by atoms with van der Waals surface area (Å²) in [4.78, 5) is 0. The fourth-order valence-corrected chi connectivity index (χ4v) is 2.11. The van der Waals surface area contributed by atoms with Crippen LogP contribution in [0.2, 0.25) is 5.02 Å². The fourth-order valence-electron chi connectivity index (χ4n) is 1.93. The largest absolute Gasteiger partial charge is 0.377 e. The van der Waals surface area contributed by atoms with Crippen LogP contribution in [-0.2, 0) is 0 Å². The zero-order valence-electron chi connectivity index (χ0n) is 11.0. The van der Waals surface area contributed by atoms with Gasteiger partial charge in [0.25, 0.3) is 0 Å². The molecule has 0 saturated heterocycles. The van der Waals surface area contributed by atoms with E-state index in [1.807, 2.05) is 19.1 Å². The molecule has 0 aliphatic carbocycles. The third-order valence-electron chi connectivity index (χ3n) is 3.08. The van der Waals surface area contributed by atoms with Crippen LogP contribution in [0.1, 0.15) is 17.2 Å². The van der Waals surface area contributed by atoms with Crippen molar-refractivity contribution >= 4 is 17.3 Å². The highest BCUT2D eigenvalue weighted by Crippen LogP contribution is 2.25. The van der Waals surface area contributed by atoms with Crippen LogP contribution in [0.4, 0.5) is 14.5 Å². The summed E-state index contributed by atoms with van der Waals surface area (Å²) in [7, 11) is 0. The van der Waals surface area contributed by atoms with Gasteiger partial charge in [0, 0.05) is 22.8 Å². The predicted octanol–water partition coefficient (Wildman–Crippen LogP) is 4.04. The Balaban J connectivity index is 2.28. The lowest BCUT2D eigenvalue weighted by Gasteiger charge is -2.19. The monoisotopic (exact) mass is 296 g/mol. The average molecular weight is 297 g/mol. The van der Waals surface area contributed by atoms with Gasteiger partial charge in [-0.05, 0) is 42.8 Å². The van der Waals surface area contributed by atoms with Gasteiger partial charge in [0.2, 0.25) is 0 Å². The maximum Gasteiger partial charge on any atom is 0.128 e. The molecule has 106 valence electrons. The standard InChI is InChI=1S/C15H15ClF2N2/c1-9-2-4-11(7-13(9)16)20-15(8-19)12-6-10(17)3-5-14(12)18/h2-7,15,20H,8,19H2,1H3. The molecule has 1 atom stereocenters. The normalized spacial score (nSPS) is 12.2. The number of benzene rings is 2. The van der Waals surface area contributed by atoms with E-state index in [-0.39, 0.29) is 12.1 Å². The minimum absolute atomic E-state index is 0.131. The van der Waals surface area contributed by atoms with Crippen molar-refractivity contribution in [2.75, 3.05) is 11.9 Å². The highest BCUT2D eigenvalue weighted by Gasteiger charge is 2.15. The molecule has 0 heterocycles. The summed E-state index contributed by atoms with van der Waals surface area (Å²) in [6.07, 6.45) is 0. The molecule has 0 spiro atoms. The van der Waals surface area contributed by atoms with Crippen molar-refractivity contribution in [3.05, 3.63) is 64.2 Å². The topological polar surface area (TPSA) is 38.0 Å². The van der Waals surface area contributed by atoms with Crippen LogP contribution in [0.25, 0.3) is 0 Å². The number of rotatable bonds is 4. The molecule has 0 aliphatic heterocycles. The molecule has 2 nitrogen and oxygen atoms in total. The van der Waals surface area contributed by atoms with Gasteiger partial charge in [0.15, 0.2) is 0 Å². The van der Waals surface area contributed by atoms with Gasteiger partial charge < -0.3 is 11.1 Å². The zero-order chi connectivity index (χ0) is 14.7. The van der Waals surface area contributed by atoms with Crippen molar-refractivity contribution in [2.24, 2.45) is 5.73 Å². The molecule has 0 radical (unpaired) electrons. The Bertz CT molecular complexity index is 617. The summed E-state index contributed by atoms with van der Waals surface area (Å²) in [5.74, 6) is -0.990. The van der Waals surface area contributed by atoms with Crippen molar-refractivity contribution in [3.8, 4) is 0 Å². The maximum absolute atomic E-state index is 13.8. The first-order valence-electron chi connectivity index (χ1n) is 6.19. The van der Waals surface area contributed by atoms with Crippen LogP contribution in [0.5, 0.6) is 0 Å². The smallest absolute Gasteiger partial charge is 0.128 e. The molecule has 3 N–H and O–H groups in total. The van der Waals surface area contributed by atoms with Crippen molar-refractivity contribution in [2.45, 2.75) is 13.0 Å². The van der Waals surface area contributed by atoms with Gasteiger partial charge in [-0.25, -0.2) is 8.78 Å². The first-order valence-corrected chi connectivity index (χ1v) is 6.56. The number of hydrogen-bond donors (Lipinski definition) is 2. The Morgan fingerprint density at radius 3 is 2.60 bits per heavy atom. The zero-order valence-corrected chi connectivity index (χ0v) is 11.7. The van der Waals surface area contributed by atoms with Crippen molar-refractivity contribution < 1.29 is 8.78 Å². The SMILES string of the molecule is Cc1ccc(NC(CN)c2cc(F)ccc2F)cc1Cl. The number of nitrogens with two attached hydrogens (primary N) is 1. The first-order chi connectivity index (χ1) is 9.51. The number of halogens is 3. The second kappa shape index (κ2) is 6.20. The third-order valence-corrected chi connectivity index (χ3v) is 3.49. The van der Waals surface area contributed by atoms with Gasteiger partial charge in [0.1, 0.15) is 11.6 Å². The Hall–Kier alpha value is -1.65. The van der Waals surface area contributed by atoms with Gasteiger partial charge in [-0.1, -0.05) is 17.7 Å². The van der Waals surface area contributed by atoms with E-state index in [2.05, 4.69) is 5.32 Å². The molecule has 0 aliphatic rings. The quantitative estimate of drug-likeness (QED) is 0.893. The van der Waals surface area contributed by atoms with E-state index in [1.54, 1.807) is 6.07 Å². The summed E-state index contributed by atoms with van der Waals surface area (Å²) >= 11 is 6.04. The van der Waals surface area contributed by atoms with E-state index in [0.717, 1.165) is 23.8 Å². The van der Waals surface area contributed by atoms with Crippen LogP contribution in [0.15, 0.2) is 36.4 Å². The molecule has 1 unspecified atom stereocenters. The lowest BCUT2D eigenvalue weighted by molar-refractivity contribution is 0.572. The van der Waals surface area contributed by atoms with E-state index in [1.165, 1.54) is 0 Å². The molecule has 0 amide bonds. The van der Waals surface area contributed by atoms with Gasteiger partial charge >= 0.3 is 0 Å². The van der Waals surface area contributed by atoms with E-state index < -0.39 is 17.7 Å². The molecule has 2 aromatic carbocycles. The molecule has 20 heavy (non-hydrogen) atoms. The van der Waals surface area contributed by atoms with Crippen molar-refractivity contribution in [1.29, 1.82) is 0 Å². The second-order valence-corrected chi connectivity index (χ2v) is 4.97. The summed E-state index contributed by atoms with van der Waals surface area (Å²) in [6, 6.07) is 8.20. The number of nitrogens with one attached hydrogen (secondary N) is 1. The molecule has 0 saturated carbocycles. The number of hydrogen-bond acceptors (Lipinski definition) is 2. The summed E-state index contributed by atoms with van der Waals surface area (Å²) in [6.45, 7) is 2.02. The number of aryl methyl sites for hydroxylation is 1.